The van der Waals surface area contributed by atoms with Gasteiger partial charge in [-0.25, -0.2) is 18.0 Å². The third kappa shape index (κ3) is 6.82. The van der Waals surface area contributed by atoms with Gasteiger partial charge in [0.1, 0.15) is 16.2 Å². The molecule has 1 aliphatic rings. The van der Waals surface area contributed by atoms with Crippen LogP contribution in [0.2, 0.25) is 0 Å². The second-order valence-corrected chi connectivity index (χ2v) is 13.3. The van der Waals surface area contributed by atoms with Crippen molar-refractivity contribution in [3.63, 3.8) is 0 Å². The Morgan fingerprint density at radius 2 is 1.38 bits per heavy atom. The summed E-state index contributed by atoms with van der Waals surface area (Å²) in [5, 5.41) is 0. The second kappa shape index (κ2) is 12.4. The van der Waals surface area contributed by atoms with Gasteiger partial charge in [0.25, 0.3) is 0 Å². The van der Waals surface area contributed by atoms with Gasteiger partial charge >= 0.3 is 22.3 Å². The number of fused-ring (bicyclic) bond motifs is 1. The number of rotatable bonds is 6. The zero-order valence-corrected chi connectivity index (χ0v) is 26.0. The van der Waals surface area contributed by atoms with E-state index in [4.69, 9.17) is 9.47 Å². The van der Waals surface area contributed by atoms with Crippen LogP contribution < -0.4 is 8.92 Å². The van der Waals surface area contributed by atoms with Crippen molar-refractivity contribution in [1.82, 2.24) is 0 Å². The van der Waals surface area contributed by atoms with Crippen molar-refractivity contribution in [2.24, 2.45) is 0 Å². The Bertz CT molecular complexity index is 1990. The summed E-state index contributed by atoms with van der Waals surface area (Å²) in [4.78, 5) is 11.7. The maximum atomic E-state index is 14.1. The lowest BCUT2D eigenvalue weighted by atomic mass is 9.82. The van der Waals surface area contributed by atoms with Crippen molar-refractivity contribution in [2.45, 2.75) is 49.8 Å². The molecule has 0 radical (unpaired) electrons. The highest BCUT2D eigenvalue weighted by Crippen LogP contribution is 2.45. The number of hydrogen-bond donors (Lipinski definition) is 0. The molecular weight excluding hydrogens is 676 g/mol. The van der Waals surface area contributed by atoms with Gasteiger partial charge in [-0.2, -0.15) is 30.4 Å². The van der Waals surface area contributed by atoms with E-state index >= 15 is 0 Å². The maximum absolute atomic E-state index is 14.1. The molecule has 0 saturated carbocycles. The molecule has 0 saturated heterocycles. The molecule has 0 amide bonds. The Morgan fingerprint density at radius 3 is 1.96 bits per heavy atom. The van der Waals surface area contributed by atoms with E-state index in [1.54, 1.807) is 20.8 Å². The fraction of sp³-hybridized carbons (Fsp3) is 0.242. The van der Waals surface area contributed by atoms with Crippen LogP contribution in [-0.2, 0) is 21.0 Å². The van der Waals surface area contributed by atoms with Gasteiger partial charge in [-0.3, -0.25) is 0 Å². The maximum Gasteiger partial charge on any atom is 0.416 e. The van der Waals surface area contributed by atoms with Crippen LogP contribution in [0.1, 0.15) is 60.2 Å². The first-order valence-corrected chi connectivity index (χ1v) is 15.5. The first-order chi connectivity index (χ1) is 22.3. The van der Waals surface area contributed by atoms with Gasteiger partial charge in [-0.05, 0) is 74.2 Å². The molecule has 254 valence electrons. The van der Waals surface area contributed by atoms with Gasteiger partial charge in [-0.1, -0.05) is 24.3 Å². The first-order valence-electron chi connectivity index (χ1n) is 14.1. The zero-order chi connectivity index (χ0) is 35.3. The van der Waals surface area contributed by atoms with E-state index in [1.165, 1.54) is 36.4 Å². The van der Waals surface area contributed by atoms with E-state index in [9.17, 15) is 48.3 Å². The molecule has 0 aromatic heterocycles. The number of benzene rings is 4. The molecule has 0 bridgehead atoms. The van der Waals surface area contributed by atoms with Crippen LogP contribution in [0, 0.1) is 29.1 Å². The highest BCUT2D eigenvalue weighted by atomic mass is 32.2. The lowest BCUT2D eigenvalue weighted by molar-refractivity contribution is -0.137. The minimum Gasteiger partial charge on any atom is -0.493 e. The topological polar surface area (TPSA) is 78.9 Å². The van der Waals surface area contributed by atoms with E-state index in [1.807, 2.05) is 0 Å². The summed E-state index contributed by atoms with van der Waals surface area (Å²) in [5.41, 5.74) is -0.364. The minimum absolute atomic E-state index is 0.0439. The van der Waals surface area contributed by atoms with Crippen LogP contribution in [0.4, 0.5) is 35.1 Å². The monoisotopic (exact) mass is 700 g/mol. The predicted octanol–water partition coefficient (Wildman–Crippen LogP) is 8.71. The van der Waals surface area contributed by atoms with E-state index in [0.29, 0.717) is 16.7 Å². The van der Waals surface area contributed by atoms with Crippen LogP contribution in [0.3, 0.4) is 0 Å². The minimum atomic E-state index is -5.19. The van der Waals surface area contributed by atoms with E-state index in [-0.39, 0.29) is 29.9 Å². The SMILES string of the molecule is CC(C)(C)OC(=O)c1ccc(-c2cc(C(F)(F)F)ccc2[C@@H]2CCOc3cc(S(=O)(=O)Oc4c(F)c(F)c(F)c(F)c4F)ccc32)cc1. The van der Waals surface area contributed by atoms with Crippen LogP contribution in [0.25, 0.3) is 11.1 Å². The van der Waals surface area contributed by atoms with E-state index in [2.05, 4.69) is 4.18 Å². The van der Waals surface area contributed by atoms with Crippen molar-refractivity contribution in [1.29, 1.82) is 0 Å². The van der Waals surface area contributed by atoms with Crippen LogP contribution >= 0.6 is 0 Å². The molecule has 0 spiro atoms. The molecule has 5 rings (SSSR count). The number of halogens is 8. The van der Waals surface area contributed by atoms with Gasteiger partial charge in [0.15, 0.2) is 0 Å². The smallest absolute Gasteiger partial charge is 0.416 e. The Labute approximate surface area is 269 Å². The molecule has 0 fully saturated rings. The molecule has 0 N–H and O–H groups in total. The van der Waals surface area contributed by atoms with Gasteiger partial charge in [0, 0.05) is 17.5 Å². The highest BCUT2D eigenvalue weighted by Gasteiger charge is 2.35. The molecule has 4 aromatic rings. The van der Waals surface area contributed by atoms with Gasteiger partial charge in [0.05, 0.1) is 17.7 Å². The van der Waals surface area contributed by atoms with Gasteiger partial charge in [0.2, 0.25) is 34.8 Å². The molecule has 1 heterocycles. The van der Waals surface area contributed by atoms with Gasteiger partial charge in [-0.15, -0.1) is 0 Å². The Balaban J connectivity index is 1.54. The van der Waals surface area contributed by atoms with Crippen molar-refractivity contribution in [2.75, 3.05) is 6.61 Å². The van der Waals surface area contributed by atoms with Crippen LogP contribution in [0.15, 0.2) is 65.6 Å². The van der Waals surface area contributed by atoms with Crippen LogP contribution in [-0.4, -0.2) is 26.6 Å². The molecule has 6 nitrogen and oxygen atoms in total. The summed E-state index contributed by atoms with van der Waals surface area (Å²) in [6.45, 7) is 4.99. The molecule has 0 unspecified atom stereocenters. The zero-order valence-electron chi connectivity index (χ0n) is 25.1. The summed E-state index contributed by atoms with van der Waals surface area (Å²) >= 11 is 0. The number of carbonyl (C=O) groups is 1. The van der Waals surface area contributed by atoms with Gasteiger partial charge < -0.3 is 13.7 Å². The summed E-state index contributed by atoms with van der Waals surface area (Å²) in [5.74, 6) is -15.8. The fourth-order valence-corrected chi connectivity index (χ4v) is 6.02. The molecular formula is C33H24F8O6S. The normalized spacial score (nSPS) is 15.0. The van der Waals surface area contributed by atoms with E-state index in [0.717, 1.165) is 24.3 Å². The number of ether oxygens (including phenoxy) is 2. The summed E-state index contributed by atoms with van der Waals surface area (Å²) < 4.78 is 151. The van der Waals surface area contributed by atoms with Crippen molar-refractivity contribution in [3.05, 3.63) is 112 Å². The Hall–Kier alpha value is -4.66. The average molecular weight is 701 g/mol. The fourth-order valence-electron chi connectivity index (χ4n) is 5.07. The molecule has 4 aromatic carbocycles. The summed E-state index contributed by atoms with van der Waals surface area (Å²) in [7, 11) is -5.19. The largest absolute Gasteiger partial charge is 0.493 e. The third-order valence-corrected chi connectivity index (χ3v) is 8.48. The molecule has 1 aliphatic heterocycles. The molecule has 15 heteroatoms. The molecule has 1 atom stereocenters. The third-order valence-electron chi connectivity index (χ3n) is 7.26. The molecule has 48 heavy (non-hydrogen) atoms. The standard InChI is InChI=1S/C33H24F8O6S/c1-32(2,3)46-31(42)17-6-4-16(5-7-17)23-14-18(33(39,40)41)8-10-20(23)21-12-13-45-24-15-19(9-11-22(21)24)48(43,44)47-30-28(37)26(35)25(34)27(36)29(30)38/h4-11,14-15,21H,12-13H2,1-3H3/t21-/m0/s1. The second-order valence-electron chi connectivity index (χ2n) is 11.7. The first kappa shape index (κ1) is 34.7. The number of esters is 1. The molecule has 0 aliphatic carbocycles. The Morgan fingerprint density at radius 1 is 0.792 bits per heavy atom. The number of hydrogen-bond acceptors (Lipinski definition) is 6. The number of carbonyl (C=O) groups excluding carboxylic acids is 1. The van der Waals surface area contributed by atoms with Crippen LogP contribution in [0.5, 0.6) is 11.5 Å². The Kier molecular flexibility index (Phi) is 8.97. The van der Waals surface area contributed by atoms with Crippen molar-refractivity contribution >= 4 is 16.1 Å². The lowest BCUT2D eigenvalue weighted by Gasteiger charge is -2.29. The number of alkyl halides is 3. The van der Waals surface area contributed by atoms with Crippen molar-refractivity contribution < 1.29 is 62.0 Å². The lowest BCUT2D eigenvalue weighted by Crippen LogP contribution is -2.23. The van der Waals surface area contributed by atoms with Crippen molar-refractivity contribution in [3.8, 4) is 22.6 Å². The summed E-state index contributed by atoms with van der Waals surface area (Å²) in [6.07, 6.45) is -4.47. The van der Waals surface area contributed by atoms with E-state index < -0.39 is 79.1 Å². The highest BCUT2D eigenvalue weighted by molar-refractivity contribution is 7.87. The summed E-state index contributed by atoms with van der Waals surface area (Å²) in [6, 6.07) is 11.9. The average Bonchev–Trinajstić information content (AvgIpc) is 3.03. The quantitative estimate of drug-likeness (QED) is 0.0659. The predicted molar refractivity (Wildman–Crippen MR) is 154 cm³/mol.